The van der Waals surface area contributed by atoms with Gasteiger partial charge in [-0.3, -0.25) is 14.5 Å². The number of furan rings is 1. The van der Waals surface area contributed by atoms with E-state index in [2.05, 4.69) is 10.2 Å². The highest BCUT2D eigenvalue weighted by molar-refractivity contribution is 8.00. The van der Waals surface area contributed by atoms with E-state index >= 15 is 0 Å². The molecule has 1 aliphatic rings. The van der Waals surface area contributed by atoms with E-state index in [1.54, 1.807) is 24.3 Å². The van der Waals surface area contributed by atoms with E-state index in [1.807, 2.05) is 12.1 Å². The minimum Gasteiger partial charge on any atom is -0.507 e. The molecule has 1 fully saturated rings. The normalized spacial score (nSPS) is 17.3. The number of carbonyl (C=O) groups is 2. The molecule has 35 heavy (non-hydrogen) atoms. The lowest BCUT2D eigenvalue weighted by Crippen LogP contribution is -2.29. The number of aromatic nitrogens is 2. The zero-order valence-electron chi connectivity index (χ0n) is 17.7. The summed E-state index contributed by atoms with van der Waals surface area (Å²) in [5, 5.41) is 20.1. The molecule has 0 bridgehead atoms. The Hall–Kier alpha value is -3.47. The second-order valence-corrected chi connectivity index (χ2v) is 10.1. The summed E-state index contributed by atoms with van der Waals surface area (Å²) in [5.41, 5.74) is 1.05. The van der Waals surface area contributed by atoms with Crippen molar-refractivity contribution in [3.8, 4) is 0 Å². The Kier molecular flexibility index (Phi) is 6.42. The third-order valence-electron chi connectivity index (χ3n) is 5.25. The molecule has 0 saturated carbocycles. The van der Waals surface area contributed by atoms with Crippen molar-refractivity contribution in [3.63, 3.8) is 0 Å². The molecule has 5 rings (SSSR count). The summed E-state index contributed by atoms with van der Waals surface area (Å²) in [4.78, 5) is 27.3. The quantitative estimate of drug-likeness (QED) is 0.111. The van der Waals surface area contributed by atoms with Gasteiger partial charge in [-0.25, -0.2) is 4.39 Å². The monoisotopic (exact) mass is 527 g/mol. The standard InChI is InChI=1S/C24H15ClFN3O4S2/c25-15-7-3-13(4-8-15)12-34-24-28-27-23(35-24)29-19(17-2-1-11-33-17)18(21(31)22(29)32)20(30)14-5-9-16(26)10-6-14/h1-11,19,30H,12H2/b20-18-. The number of benzene rings is 2. The van der Waals surface area contributed by atoms with Crippen molar-refractivity contribution >= 4 is 57.3 Å². The van der Waals surface area contributed by atoms with Crippen LogP contribution < -0.4 is 4.90 Å². The molecule has 3 heterocycles. The molecule has 0 radical (unpaired) electrons. The number of carbonyl (C=O) groups excluding carboxylic acids is 2. The molecule has 4 aromatic rings. The van der Waals surface area contributed by atoms with Gasteiger partial charge in [-0.1, -0.05) is 46.8 Å². The lowest BCUT2D eigenvalue weighted by Gasteiger charge is -2.20. The van der Waals surface area contributed by atoms with E-state index in [-0.39, 0.29) is 22.0 Å². The lowest BCUT2D eigenvalue weighted by molar-refractivity contribution is -0.132. The fourth-order valence-electron chi connectivity index (χ4n) is 3.59. The molecule has 1 saturated heterocycles. The average Bonchev–Trinajstić information content (AvgIpc) is 3.60. The molecule has 1 aliphatic heterocycles. The number of aliphatic hydroxyl groups excluding tert-OH is 1. The third-order valence-corrected chi connectivity index (χ3v) is 7.63. The first-order valence-electron chi connectivity index (χ1n) is 10.2. The fourth-order valence-corrected chi connectivity index (χ4v) is 5.54. The Bertz CT molecular complexity index is 1420. The van der Waals surface area contributed by atoms with Crippen LogP contribution >= 0.6 is 34.7 Å². The molecule has 0 aliphatic carbocycles. The first-order valence-corrected chi connectivity index (χ1v) is 12.4. The zero-order chi connectivity index (χ0) is 24.5. The van der Waals surface area contributed by atoms with Crippen molar-refractivity contribution < 1.29 is 23.5 Å². The number of halogens is 2. The van der Waals surface area contributed by atoms with E-state index in [1.165, 1.54) is 35.1 Å². The van der Waals surface area contributed by atoms with E-state index in [0.29, 0.717) is 15.1 Å². The van der Waals surface area contributed by atoms with Crippen molar-refractivity contribution in [1.29, 1.82) is 0 Å². The highest BCUT2D eigenvalue weighted by Crippen LogP contribution is 2.44. The van der Waals surface area contributed by atoms with Gasteiger partial charge >= 0.3 is 5.91 Å². The number of hydrogen-bond acceptors (Lipinski definition) is 8. The Morgan fingerprint density at radius 3 is 2.54 bits per heavy atom. The van der Waals surface area contributed by atoms with Crippen molar-refractivity contribution in [2.45, 2.75) is 16.1 Å². The summed E-state index contributed by atoms with van der Waals surface area (Å²) in [7, 11) is 0. The highest BCUT2D eigenvalue weighted by atomic mass is 35.5. The second kappa shape index (κ2) is 9.65. The molecule has 1 amide bonds. The van der Waals surface area contributed by atoms with Crippen LogP contribution in [0.4, 0.5) is 9.52 Å². The summed E-state index contributed by atoms with van der Waals surface area (Å²) < 4.78 is 19.5. The van der Waals surface area contributed by atoms with Gasteiger partial charge in [0.25, 0.3) is 5.78 Å². The number of anilines is 1. The lowest BCUT2D eigenvalue weighted by atomic mass is 9.99. The molecule has 2 aromatic carbocycles. The molecular formula is C24H15ClFN3O4S2. The maximum absolute atomic E-state index is 13.4. The Morgan fingerprint density at radius 2 is 1.86 bits per heavy atom. The number of hydrogen-bond donors (Lipinski definition) is 1. The first kappa shape index (κ1) is 23.3. The van der Waals surface area contributed by atoms with Crippen LogP contribution in [0.2, 0.25) is 5.02 Å². The van der Waals surface area contributed by atoms with Gasteiger partial charge in [0.2, 0.25) is 5.13 Å². The molecule has 1 unspecified atom stereocenters. The molecule has 176 valence electrons. The Balaban J connectivity index is 1.49. The van der Waals surface area contributed by atoms with E-state index in [9.17, 15) is 19.1 Å². The van der Waals surface area contributed by atoms with E-state index in [0.717, 1.165) is 29.0 Å². The molecule has 7 nitrogen and oxygen atoms in total. The zero-order valence-corrected chi connectivity index (χ0v) is 20.1. The number of aliphatic hydroxyl groups is 1. The van der Waals surface area contributed by atoms with Gasteiger partial charge in [-0.15, -0.1) is 10.2 Å². The second-order valence-electron chi connectivity index (χ2n) is 7.46. The molecule has 0 spiro atoms. The van der Waals surface area contributed by atoms with Crippen LogP contribution in [0, 0.1) is 5.82 Å². The van der Waals surface area contributed by atoms with E-state index < -0.39 is 29.3 Å². The van der Waals surface area contributed by atoms with Crippen molar-refractivity contribution in [2.24, 2.45) is 0 Å². The van der Waals surface area contributed by atoms with Gasteiger partial charge in [0.1, 0.15) is 23.4 Å². The van der Waals surface area contributed by atoms with Gasteiger partial charge < -0.3 is 9.52 Å². The summed E-state index contributed by atoms with van der Waals surface area (Å²) in [6.07, 6.45) is 1.40. The van der Waals surface area contributed by atoms with Crippen LogP contribution in [0.25, 0.3) is 5.76 Å². The van der Waals surface area contributed by atoms with Crippen molar-refractivity contribution in [2.75, 3.05) is 4.90 Å². The van der Waals surface area contributed by atoms with Crippen molar-refractivity contribution in [1.82, 2.24) is 10.2 Å². The number of thioether (sulfide) groups is 1. The average molecular weight is 528 g/mol. The van der Waals surface area contributed by atoms with Crippen LogP contribution in [-0.4, -0.2) is 27.0 Å². The molecule has 1 N–H and O–H groups in total. The molecule has 1 atom stereocenters. The van der Waals surface area contributed by atoms with Gasteiger partial charge in [0, 0.05) is 16.3 Å². The van der Waals surface area contributed by atoms with Crippen LogP contribution in [-0.2, 0) is 15.3 Å². The minimum absolute atomic E-state index is 0.179. The van der Waals surface area contributed by atoms with Crippen LogP contribution in [0.15, 0.2) is 81.3 Å². The van der Waals surface area contributed by atoms with E-state index in [4.69, 9.17) is 16.0 Å². The largest absolute Gasteiger partial charge is 0.507 e. The fraction of sp³-hybridized carbons (Fsp3) is 0.0833. The maximum atomic E-state index is 13.4. The number of Topliss-reactive ketones (excluding diaryl/α,β-unsaturated/α-hetero) is 1. The maximum Gasteiger partial charge on any atom is 0.302 e. The summed E-state index contributed by atoms with van der Waals surface area (Å²) in [6, 6.07) is 14.5. The van der Waals surface area contributed by atoms with Gasteiger partial charge in [0.05, 0.1) is 11.8 Å². The summed E-state index contributed by atoms with van der Waals surface area (Å²) >= 11 is 8.49. The van der Waals surface area contributed by atoms with Gasteiger partial charge in [0.15, 0.2) is 4.34 Å². The predicted molar refractivity (Wildman–Crippen MR) is 131 cm³/mol. The van der Waals surface area contributed by atoms with Gasteiger partial charge in [-0.2, -0.15) is 0 Å². The summed E-state index contributed by atoms with van der Waals surface area (Å²) in [6.45, 7) is 0. The smallest absolute Gasteiger partial charge is 0.302 e. The van der Waals surface area contributed by atoms with Crippen LogP contribution in [0.3, 0.4) is 0 Å². The Morgan fingerprint density at radius 1 is 1.11 bits per heavy atom. The first-order chi connectivity index (χ1) is 16.9. The number of rotatable bonds is 6. The molecule has 11 heteroatoms. The Labute approximate surface area is 211 Å². The molecular weight excluding hydrogens is 513 g/mol. The van der Waals surface area contributed by atoms with Gasteiger partial charge in [-0.05, 0) is 54.1 Å². The highest BCUT2D eigenvalue weighted by Gasteiger charge is 2.49. The molecule has 2 aromatic heterocycles. The van der Waals surface area contributed by atoms with Crippen LogP contribution in [0.1, 0.15) is 22.9 Å². The summed E-state index contributed by atoms with van der Waals surface area (Å²) in [5.74, 6) is -1.84. The predicted octanol–water partition coefficient (Wildman–Crippen LogP) is 5.84. The van der Waals surface area contributed by atoms with Crippen LogP contribution in [0.5, 0.6) is 0 Å². The number of nitrogens with zero attached hydrogens (tertiary/aromatic N) is 3. The van der Waals surface area contributed by atoms with Crippen molar-refractivity contribution in [3.05, 3.63) is 100 Å². The third kappa shape index (κ3) is 4.60. The number of amides is 1. The SMILES string of the molecule is O=C1C(=O)N(c2nnc(SCc3ccc(Cl)cc3)s2)C(c2ccco2)/C1=C(/O)c1ccc(F)cc1. The topological polar surface area (TPSA) is 96.5 Å². The number of ketones is 1. The minimum atomic E-state index is -1.06.